The zero-order valence-corrected chi connectivity index (χ0v) is 12.9. The lowest BCUT2D eigenvalue weighted by Gasteiger charge is -2.27. The number of nitrogens with two attached hydrogens (primary N) is 1. The second-order valence-corrected chi connectivity index (χ2v) is 5.88. The van der Waals surface area contributed by atoms with Crippen molar-refractivity contribution < 1.29 is 14.3 Å². The van der Waals surface area contributed by atoms with Crippen LogP contribution in [0.15, 0.2) is 16.6 Å². The molecule has 3 nitrogen and oxygen atoms in total. The molecule has 0 fully saturated rings. The van der Waals surface area contributed by atoms with Gasteiger partial charge in [0.05, 0.1) is 11.6 Å². The molecule has 0 saturated heterocycles. The summed E-state index contributed by atoms with van der Waals surface area (Å²) in [6.07, 6.45) is 0.697. The number of benzene rings is 1. The highest BCUT2D eigenvalue weighted by atomic mass is 79.9. The maximum atomic E-state index is 13.5. The fourth-order valence-electron chi connectivity index (χ4n) is 2.50. The van der Waals surface area contributed by atoms with E-state index in [4.69, 9.17) is 5.73 Å². The molecule has 2 atom stereocenters. The van der Waals surface area contributed by atoms with E-state index in [2.05, 4.69) is 15.9 Å². The molecule has 0 radical (unpaired) electrons. The van der Waals surface area contributed by atoms with Crippen LogP contribution in [0, 0.1) is 17.7 Å². The first kappa shape index (κ1) is 16.0. The van der Waals surface area contributed by atoms with Gasteiger partial charge in [-0.1, -0.05) is 27.2 Å². The zero-order chi connectivity index (χ0) is 14.7. The number of nitrogen functional groups attached to an aromatic ring is 1. The van der Waals surface area contributed by atoms with Gasteiger partial charge in [0.1, 0.15) is 5.82 Å². The molecule has 106 valence electrons. The molecule has 0 spiro atoms. The fraction of sp³-hybridized carbons (Fsp3) is 0.500. The lowest BCUT2D eigenvalue weighted by Crippen LogP contribution is -2.26. The van der Waals surface area contributed by atoms with E-state index in [0.29, 0.717) is 22.1 Å². The van der Waals surface area contributed by atoms with Gasteiger partial charge in [0.15, 0.2) is 0 Å². The first-order valence-electron chi connectivity index (χ1n) is 6.26. The van der Waals surface area contributed by atoms with Crippen LogP contribution in [0.3, 0.4) is 0 Å². The molecule has 0 amide bonds. The van der Waals surface area contributed by atoms with Crippen LogP contribution in [0.2, 0.25) is 0 Å². The predicted octanol–water partition coefficient (Wildman–Crippen LogP) is 4.02. The molecule has 0 aliphatic carbocycles. The van der Waals surface area contributed by atoms with Gasteiger partial charge in [0.2, 0.25) is 0 Å². The van der Waals surface area contributed by atoms with Gasteiger partial charge < -0.3 is 10.8 Å². The van der Waals surface area contributed by atoms with Gasteiger partial charge >= 0.3 is 5.97 Å². The molecule has 5 heteroatoms. The molecular weight excluding hydrogens is 313 g/mol. The Bertz CT molecular complexity index is 477. The second kappa shape index (κ2) is 6.37. The van der Waals surface area contributed by atoms with Crippen molar-refractivity contribution in [2.24, 2.45) is 11.8 Å². The summed E-state index contributed by atoms with van der Waals surface area (Å²) in [5.41, 5.74) is 6.55. The Kier molecular flexibility index (Phi) is 5.35. The minimum Gasteiger partial charge on any atom is -0.481 e. The summed E-state index contributed by atoms with van der Waals surface area (Å²) >= 11 is 3.16. The Morgan fingerprint density at radius 3 is 2.47 bits per heavy atom. The topological polar surface area (TPSA) is 63.3 Å². The SMILES string of the molecule is CCC(C(C)C)C(C(=O)O)c1cc(F)cc(Br)c1N. The predicted molar refractivity (Wildman–Crippen MR) is 77.5 cm³/mol. The van der Waals surface area contributed by atoms with Gasteiger partial charge in [0, 0.05) is 4.47 Å². The number of hydrogen-bond acceptors (Lipinski definition) is 2. The molecule has 1 rings (SSSR count). The smallest absolute Gasteiger partial charge is 0.311 e. The van der Waals surface area contributed by atoms with E-state index in [1.54, 1.807) is 0 Å². The molecule has 0 bridgehead atoms. The van der Waals surface area contributed by atoms with Crippen molar-refractivity contribution in [3.05, 3.63) is 28.0 Å². The largest absolute Gasteiger partial charge is 0.481 e. The summed E-state index contributed by atoms with van der Waals surface area (Å²) in [5.74, 6) is -2.16. The minimum absolute atomic E-state index is 0.0894. The molecule has 1 aromatic rings. The minimum atomic E-state index is -0.968. The van der Waals surface area contributed by atoms with E-state index in [1.807, 2.05) is 20.8 Å². The number of halogens is 2. The molecule has 0 aliphatic heterocycles. The molecule has 0 heterocycles. The van der Waals surface area contributed by atoms with Crippen LogP contribution in [0.5, 0.6) is 0 Å². The Labute approximate surface area is 121 Å². The summed E-state index contributed by atoms with van der Waals surface area (Å²) in [6.45, 7) is 5.87. The molecule has 3 N–H and O–H groups in total. The summed E-state index contributed by atoms with van der Waals surface area (Å²) in [4.78, 5) is 11.6. The van der Waals surface area contributed by atoms with Crippen molar-refractivity contribution >= 4 is 27.6 Å². The van der Waals surface area contributed by atoms with Crippen LogP contribution < -0.4 is 5.73 Å². The first-order valence-corrected chi connectivity index (χ1v) is 7.06. The van der Waals surface area contributed by atoms with Crippen LogP contribution in [0.4, 0.5) is 10.1 Å². The molecule has 1 aromatic carbocycles. The van der Waals surface area contributed by atoms with E-state index in [0.717, 1.165) is 0 Å². The average Bonchev–Trinajstić information content (AvgIpc) is 2.30. The third-order valence-electron chi connectivity index (χ3n) is 3.48. The zero-order valence-electron chi connectivity index (χ0n) is 11.3. The maximum Gasteiger partial charge on any atom is 0.311 e. The van der Waals surface area contributed by atoms with E-state index in [-0.39, 0.29) is 11.8 Å². The van der Waals surface area contributed by atoms with Crippen LogP contribution in [0.25, 0.3) is 0 Å². The number of carboxylic acids is 1. The molecule has 0 saturated carbocycles. The second-order valence-electron chi connectivity index (χ2n) is 5.02. The third-order valence-corrected chi connectivity index (χ3v) is 4.14. The Hall–Kier alpha value is -1.10. The van der Waals surface area contributed by atoms with Crippen LogP contribution in [-0.4, -0.2) is 11.1 Å². The summed E-state index contributed by atoms with van der Waals surface area (Å²) in [6, 6.07) is 2.47. The molecule has 0 aliphatic rings. The van der Waals surface area contributed by atoms with Crippen LogP contribution in [0.1, 0.15) is 38.7 Å². The molecule has 19 heavy (non-hydrogen) atoms. The van der Waals surface area contributed by atoms with Crippen LogP contribution in [-0.2, 0) is 4.79 Å². The highest BCUT2D eigenvalue weighted by molar-refractivity contribution is 9.10. The van der Waals surface area contributed by atoms with Crippen molar-refractivity contribution in [1.29, 1.82) is 0 Å². The summed E-state index contributed by atoms with van der Waals surface area (Å²) in [7, 11) is 0. The number of hydrogen-bond donors (Lipinski definition) is 2. The lowest BCUT2D eigenvalue weighted by molar-refractivity contribution is -0.140. The molecule has 0 aromatic heterocycles. The van der Waals surface area contributed by atoms with Gasteiger partial charge in [-0.05, 0) is 45.5 Å². The first-order chi connectivity index (χ1) is 8.79. The number of rotatable bonds is 5. The van der Waals surface area contributed by atoms with E-state index in [9.17, 15) is 14.3 Å². The number of carboxylic acid groups (broad SMARTS) is 1. The molecule has 2 unspecified atom stereocenters. The monoisotopic (exact) mass is 331 g/mol. The molecular formula is C14H19BrFNO2. The van der Waals surface area contributed by atoms with Crippen molar-refractivity contribution in [3.63, 3.8) is 0 Å². The van der Waals surface area contributed by atoms with Crippen molar-refractivity contribution in [2.45, 2.75) is 33.1 Å². The highest BCUT2D eigenvalue weighted by Gasteiger charge is 2.33. The third kappa shape index (κ3) is 3.47. The quantitative estimate of drug-likeness (QED) is 0.801. The van der Waals surface area contributed by atoms with Gasteiger partial charge in [-0.15, -0.1) is 0 Å². The number of anilines is 1. The Balaban J connectivity index is 3.38. The van der Waals surface area contributed by atoms with Gasteiger partial charge in [-0.25, -0.2) is 4.39 Å². The van der Waals surface area contributed by atoms with Gasteiger partial charge in [0.25, 0.3) is 0 Å². The van der Waals surface area contributed by atoms with Crippen molar-refractivity contribution in [2.75, 3.05) is 5.73 Å². The number of aliphatic carboxylic acids is 1. The van der Waals surface area contributed by atoms with Gasteiger partial charge in [-0.3, -0.25) is 4.79 Å². The maximum absolute atomic E-state index is 13.5. The fourth-order valence-corrected chi connectivity index (χ4v) is 2.95. The van der Waals surface area contributed by atoms with Gasteiger partial charge in [-0.2, -0.15) is 0 Å². The standard InChI is InChI=1S/C14H19BrFNO2/c1-4-9(7(2)3)12(14(18)19)10-5-8(16)6-11(15)13(10)17/h5-7,9,12H,4,17H2,1-3H3,(H,18,19). The summed E-state index contributed by atoms with van der Waals surface area (Å²) < 4.78 is 13.9. The summed E-state index contributed by atoms with van der Waals surface area (Å²) in [5, 5.41) is 9.49. The van der Waals surface area contributed by atoms with Crippen LogP contribution >= 0.6 is 15.9 Å². The Morgan fingerprint density at radius 1 is 1.47 bits per heavy atom. The van der Waals surface area contributed by atoms with E-state index in [1.165, 1.54) is 12.1 Å². The van der Waals surface area contributed by atoms with Crippen molar-refractivity contribution in [1.82, 2.24) is 0 Å². The van der Waals surface area contributed by atoms with Crippen molar-refractivity contribution in [3.8, 4) is 0 Å². The lowest BCUT2D eigenvalue weighted by atomic mass is 9.77. The highest BCUT2D eigenvalue weighted by Crippen LogP contribution is 2.38. The number of carbonyl (C=O) groups is 1. The Morgan fingerprint density at radius 2 is 2.05 bits per heavy atom. The average molecular weight is 332 g/mol. The van der Waals surface area contributed by atoms with E-state index >= 15 is 0 Å². The normalized spacial score (nSPS) is 14.4. The van der Waals surface area contributed by atoms with E-state index < -0.39 is 17.7 Å².